The van der Waals surface area contributed by atoms with Crippen LogP contribution in [0.4, 0.5) is 5.69 Å². The number of rotatable bonds is 6. The summed E-state index contributed by atoms with van der Waals surface area (Å²) < 4.78 is 18.7. The molecule has 0 fully saturated rings. The first kappa shape index (κ1) is 21.1. The Labute approximate surface area is 194 Å². The van der Waals surface area contributed by atoms with Crippen LogP contribution in [0.2, 0.25) is 0 Å². The molecule has 1 amide bonds. The van der Waals surface area contributed by atoms with Gasteiger partial charge < -0.3 is 19.2 Å². The van der Waals surface area contributed by atoms with Crippen LogP contribution in [0.1, 0.15) is 12.2 Å². The van der Waals surface area contributed by atoms with Gasteiger partial charge in [-0.2, -0.15) is 0 Å². The van der Waals surface area contributed by atoms with E-state index in [1.165, 1.54) is 11.8 Å². The molecule has 1 aliphatic heterocycles. The number of furan rings is 1. The van der Waals surface area contributed by atoms with Crippen molar-refractivity contribution in [3.05, 3.63) is 66.6 Å². The fourth-order valence-corrected chi connectivity index (χ4v) is 4.28. The smallest absolute Gasteiger partial charge is 0.234 e. The molecule has 2 aromatic heterocycles. The van der Waals surface area contributed by atoms with Gasteiger partial charge in [0.1, 0.15) is 5.76 Å². The molecule has 3 heterocycles. The molecule has 9 heteroatoms. The second-order valence-corrected chi connectivity index (χ2v) is 8.36. The second-order valence-electron chi connectivity index (χ2n) is 7.42. The Hall–Kier alpha value is -3.72. The van der Waals surface area contributed by atoms with E-state index in [9.17, 15) is 4.79 Å². The number of amides is 1. The summed E-state index contributed by atoms with van der Waals surface area (Å²) in [7, 11) is 0. The van der Waals surface area contributed by atoms with Gasteiger partial charge >= 0.3 is 0 Å². The number of thioether (sulfide) groups is 1. The summed E-state index contributed by atoms with van der Waals surface area (Å²) in [4.78, 5) is 12.7. The first-order chi connectivity index (χ1) is 16.2. The zero-order chi connectivity index (χ0) is 22.6. The van der Waals surface area contributed by atoms with Gasteiger partial charge in [-0.25, -0.2) is 0 Å². The zero-order valence-corrected chi connectivity index (χ0v) is 18.8. The molecular weight excluding hydrogens is 440 g/mol. The maximum atomic E-state index is 12.7. The van der Waals surface area contributed by atoms with Crippen LogP contribution >= 0.6 is 11.8 Å². The molecule has 5 rings (SSSR count). The number of hydrogen-bond acceptors (Lipinski definition) is 7. The molecule has 168 valence electrons. The molecule has 4 aromatic rings. The van der Waals surface area contributed by atoms with Gasteiger partial charge in [-0.05, 0) is 37.3 Å². The largest absolute Gasteiger partial charge is 0.490 e. The lowest BCUT2D eigenvalue weighted by molar-refractivity contribution is -0.113. The van der Waals surface area contributed by atoms with Gasteiger partial charge in [0.2, 0.25) is 5.91 Å². The van der Waals surface area contributed by atoms with Crippen molar-refractivity contribution in [1.29, 1.82) is 0 Å². The highest BCUT2D eigenvalue weighted by Gasteiger charge is 2.20. The Kier molecular flexibility index (Phi) is 6.03. The Morgan fingerprint density at radius 1 is 1.06 bits per heavy atom. The van der Waals surface area contributed by atoms with E-state index < -0.39 is 0 Å². The van der Waals surface area contributed by atoms with Crippen LogP contribution in [0.5, 0.6) is 11.5 Å². The van der Waals surface area contributed by atoms with E-state index in [1.807, 2.05) is 60.0 Å². The molecule has 0 spiro atoms. The number of benzene rings is 2. The highest BCUT2D eigenvalue weighted by molar-refractivity contribution is 7.99. The molecule has 0 saturated carbocycles. The number of fused-ring (bicyclic) bond motifs is 1. The third-order valence-corrected chi connectivity index (χ3v) is 6.04. The second kappa shape index (κ2) is 9.41. The van der Waals surface area contributed by atoms with Gasteiger partial charge in [0, 0.05) is 23.9 Å². The SMILES string of the molecule is Cc1occc1-c1nnc(SCC(=O)Nc2ccc3c(c2)OCCCO3)n1-c1ccccc1. The van der Waals surface area contributed by atoms with E-state index in [0.717, 1.165) is 23.4 Å². The van der Waals surface area contributed by atoms with E-state index in [0.29, 0.717) is 41.4 Å². The highest BCUT2D eigenvalue weighted by atomic mass is 32.2. The molecule has 0 aliphatic carbocycles. The van der Waals surface area contributed by atoms with Crippen LogP contribution in [0.25, 0.3) is 17.1 Å². The van der Waals surface area contributed by atoms with Crippen molar-refractivity contribution in [2.45, 2.75) is 18.5 Å². The van der Waals surface area contributed by atoms with Crippen molar-refractivity contribution in [1.82, 2.24) is 14.8 Å². The predicted octanol–water partition coefficient (Wildman–Crippen LogP) is 4.73. The van der Waals surface area contributed by atoms with Crippen LogP contribution in [0.15, 0.2) is 70.4 Å². The lowest BCUT2D eigenvalue weighted by Gasteiger charge is -2.11. The van der Waals surface area contributed by atoms with Gasteiger partial charge in [-0.15, -0.1) is 10.2 Å². The van der Waals surface area contributed by atoms with Crippen molar-refractivity contribution < 1.29 is 18.7 Å². The zero-order valence-electron chi connectivity index (χ0n) is 18.0. The maximum Gasteiger partial charge on any atom is 0.234 e. The number of hydrogen-bond donors (Lipinski definition) is 1. The Morgan fingerprint density at radius 3 is 2.67 bits per heavy atom. The van der Waals surface area contributed by atoms with E-state index >= 15 is 0 Å². The summed E-state index contributed by atoms with van der Waals surface area (Å²) in [5.74, 6) is 2.77. The van der Waals surface area contributed by atoms with E-state index in [4.69, 9.17) is 13.9 Å². The fourth-order valence-electron chi connectivity index (χ4n) is 3.53. The van der Waals surface area contributed by atoms with Crippen LogP contribution in [0.3, 0.4) is 0 Å². The first-order valence-corrected chi connectivity index (χ1v) is 11.6. The molecule has 1 N–H and O–H groups in total. The van der Waals surface area contributed by atoms with Crippen LogP contribution in [-0.4, -0.2) is 39.6 Å². The van der Waals surface area contributed by atoms with Gasteiger partial charge in [0.25, 0.3) is 0 Å². The minimum atomic E-state index is -0.154. The van der Waals surface area contributed by atoms with Crippen molar-refractivity contribution in [2.24, 2.45) is 0 Å². The summed E-state index contributed by atoms with van der Waals surface area (Å²) in [6.45, 7) is 3.10. The predicted molar refractivity (Wildman–Crippen MR) is 125 cm³/mol. The molecule has 0 saturated heterocycles. The number of anilines is 1. The molecule has 33 heavy (non-hydrogen) atoms. The number of nitrogens with zero attached hydrogens (tertiary/aromatic N) is 3. The molecule has 1 aliphatic rings. The average molecular weight is 463 g/mol. The van der Waals surface area contributed by atoms with Crippen molar-refractivity contribution >= 4 is 23.4 Å². The number of nitrogens with one attached hydrogen (secondary N) is 1. The summed E-state index contributed by atoms with van der Waals surface area (Å²) in [5, 5.41) is 12.3. The Morgan fingerprint density at radius 2 is 1.88 bits per heavy atom. The average Bonchev–Trinajstić information content (AvgIpc) is 3.37. The summed E-state index contributed by atoms with van der Waals surface area (Å²) in [6, 6.07) is 17.1. The van der Waals surface area contributed by atoms with Crippen molar-refractivity contribution in [2.75, 3.05) is 24.3 Å². The maximum absolute atomic E-state index is 12.7. The van der Waals surface area contributed by atoms with Gasteiger partial charge in [0.05, 0.1) is 30.8 Å². The fraction of sp³-hybridized carbons (Fsp3) is 0.208. The Bertz CT molecular complexity index is 1270. The molecule has 0 bridgehead atoms. The number of para-hydroxylation sites is 1. The van der Waals surface area contributed by atoms with Gasteiger partial charge in [-0.3, -0.25) is 9.36 Å². The van der Waals surface area contributed by atoms with E-state index in [2.05, 4.69) is 15.5 Å². The summed E-state index contributed by atoms with van der Waals surface area (Å²) in [5.41, 5.74) is 2.42. The monoisotopic (exact) mass is 462 g/mol. The van der Waals surface area contributed by atoms with Gasteiger partial charge in [0.15, 0.2) is 22.5 Å². The van der Waals surface area contributed by atoms with E-state index in [1.54, 1.807) is 12.3 Å². The minimum Gasteiger partial charge on any atom is -0.490 e. The normalized spacial score (nSPS) is 12.9. The highest BCUT2D eigenvalue weighted by Crippen LogP contribution is 2.33. The van der Waals surface area contributed by atoms with Crippen LogP contribution < -0.4 is 14.8 Å². The number of carbonyl (C=O) groups is 1. The summed E-state index contributed by atoms with van der Waals surface area (Å²) in [6.07, 6.45) is 2.46. The first-order valence-electron chi connectivity index (χ1n) is 10.6. The molecule has 0 unspecified atom stereocenters. The minimum absolute atomic E-state index is 0.154. The molecule has 0 radical (unpaired) electrons. The number of aromatic nitrogens is 3. The number of carbonyl (C=O) groups excluding carboxylic acids is 1. The third-order valence-electron chi connectivity index (χ3n) is 5.11. The molecular formula is C24H22N4O4S. The lowest BCUT2D eigenvalue weighted by atomic mass is 10.2. The Balaban J connectivity index is 1.34. The molecule has 2 aromatic carbocycles. The standard InChI is InChI=1S/C24H22N4O4S/c1-16-19(10-13-30-16)23-26-27-24(28(23)18-6-3-2-4-7-18)33-15-22(29)25-17-8-9-20-21(14-17)32-12-5-11-31-20/h2-4,6-10,13-14H,5,11-12,15H2,1H3,(H,25,29). The molecule has 8 nitrogen and oxygen atoms in total. The molecule has 0 atom stereocenters. The van der Waals surface area contributed by atoms with Gasteiger partial charge in [-0.1, -0.05) is 30.0 Å². The number of aryl methyl sites for hydroxylation is 1. The summed E-state index contributed by atoms with van der Waals surface area (Å²) >= 11 is 1.32. The quantitative estimate of drug-likeness (QED) is 0.414. The van der Waals surface area contributed by atoms with Crippen molar-refractivity contribution in [3.8, 4) is 28.6 Å². The number of ether oxygens (including phenoxy) is 2. The van der Waals surface area contributed by atoms with Crippen LogP contribution in [-0.2, 0) is 4.79 Å². The van der Waals surface area contributed by atoms with Crippen LogP contribution in [0, 0.1) is 6.92 Å². The van der Waals surface area contributed by atoms with Crippen molar-refractivity contribution in [3.63, 3.8) is 0 Å². The third kappa shape index (κ3) is 4.58. The topological polar surface area (TPSA) is 91.4 Å². The van der Waals surface area contributed by atoms with E-state index in [-0.39, 0.29) is 11.7 Å². The lowest BCUT2D eigenvalue weighted by Crippen LogP contribution is -2.14.